The predicted octanol–water partition coefficient (Wildman–Crippen LogP) is 3.46. The molecule has 0 radical (unpaired) electrons. The van der Waals surface area contributed by atoms with Crippen LogP contribution < -0.4 is 14.9 Å². The molecule has 28 heavy (non-hydrogen) atoms. The summed E-state index contributed by atoms with van der Waals surface area (Å²) in [5.41, 5.74) is 2.13. The van der Waals surface area contributed by atoms with Crippen molar-refractivity contribution >= 4 is 44.7 Å². The van der Waals surface area contributed by atoms with E-state index in [2.05, 4.69) is 14.9 Å². The Hall–Kier alpha value is -2.45. The molecule has 2 amide bonds. The van der Waals surface area contributed by atoms with Crippen molar-refractivity contribution in [1.29, 1.82) is 0 Å². The van der Waals surface area contributed by atoms with Crippen LogP contribution in [0.25, 0.3) is 0 Å². The predicted molar refractivity (Wildman–Crippen MR) is 114 cm³/mol. The van der Waals surface area contributed by atoms with Gasteiger partial charge in [0.05, 0.1) is 5.75 Å². The molecule has 2 aromatic rings. The number of piperazine rings is 1. The monoisotopic (exact) mass is 422 g/mol. The molecule has 2 aromatic carbocycles. The fraction of sp³-hybridized carbons (Fsp3) is 0.316. The number of hydrogen-bond donors (Lipinski definition) is 2. The molecule has 2 N–H and O–H groups in total. The number of nitrogens with one attached hydrogen (secondary N) is 2. The number of hydrogen-bond acceptors (Lipinski definition) is 4. The molecule has 0 saturated carbocycles. The Kier molecular flexibility index (Phi) is 6.31. The number of anilines is 3. The molecule has 0 aromatic heterocycles. The lowest BCUT2D eigenvalue weighted by molar-refractivity contribution is 0.208. The SMILES string of the molecule is CCS(=O)(=O)Nc1ccc(NC(=O)N2CCN(c3cccc(Cl)c3)CC2)cc1. The first-order chi connectivity index (χ1) is 13.4. The van der Waals surface area contributed by atoms with E-state index in [4.69, 9.17) is 11.6 Å². The van der Waals surface area contributed by atoms with Crippen LogP contribution in [0, 0.1) is 0 Å². The maximum absolute atomic E-state index is 12.5. The molecule has 3 rings (SSSR count). The van der Waals surface area contributed by atoms with Crippen molar-refractivity contribution in [2.24, 2.45) is 0 Å². The van der Waals surface area contributed by atoms with Crippen LogP contribution in [0.15, 0.2) is 48.5 Å². The first-order valence-corrected chi connectivity index (χ1v) is 11.1. The van der Waals surface area contributed by atoms with E-state index in [1.807, 2.05) is 24.3 Å². The van der Waals surface area contributed by atoms with E-state index in [9.17, 15) is 13.2 Å². The van der Waals surface area contributed by atoms with Crippen LogP contribution in [-0.2, 0) is 10.0 Å². The quantitative estimate of drug-likeness (QED) is 0.773. The van der Waals surface area contributed by atoms with Gasteiger partial charge in [-0.15, -0.1) is 0 Å². The lowest BCUT2D eigenvalue weighted by Gasteiger charge is -2.36. The summed E-state index contributed by atoms with van der Waals surface area (Å²) in [6, 6.07) is 14.1. The van der Waals surface area contributed by atoms with Gasteiger partial charge < -0.3 is 15.1 Å². The molecule has 1 aliphatic rings. The highest BCUT2D eigenvalue weighted by molar-refractivity contribution is 7.92. The minimum absolute atomic E-state index is 0.00660. The van der Waals surface area contributed by atoms with Crippen molar-refractivity contribution in [3.05, 3.63) is 53.6 Å². The van der Waals surface area contributed by atoms with Gasteiger partial charge in [0.2, 0.25) is 10.0 Å². The van der Waals surface area contributed by atoms with Crippen LogP contribution in [0.3, 0.4) is 0 Å². The summed E-state index contributed by atoms with van der Waals surface area (Å²) < 4.78 is 25.6. The van der Waals surface area contributed by atoms with E-state index in [1.165, 1.54) is 0 Å². The van der Waals surface area contributed by atoms with Gasteiger partial charge in [-0.25, -0.2) is 13.2 Å². The second-order valence-corrected chi connectivity index (χ2v) is 8.91. The van der Waals surface area contributed by atoms with Crippen molar-refractivity contribution in [2.45, 2.75) is 6.92 Å². The Bertz CT molecular complexity index is 926. The molecular weight excluding hydrogens is 400 g/mol. The molecule has 0 aliphatic carbocycles. The summed E-state index contributed by atoms with van der Waals surface area (Å²) in [5, 5.41) is 3.55. The second kappa shape index (κ2) is 8.70. The van der Waals surface area contributed by atoms with E-state index in [0.29, 0.717) is 29.5 Å². The minimum atomic E-state index is -3.31. The molecule has 150 valence electrons. The van der Waals surface area contributed by atoms with Crippen LogP contribution in [0.5, 0.6) is 0 Å². The molecule has 1 heterocycles. The van der Waals surface area contributed by atoms with Gasteiger partial charge in [0.1, 0.15) is 0 Å². The lowest BCUT2D eigenvalue weighted by atomic mass is 10.2. The summed E-state index contributed by atoms with van der Waals surface area (Å²) in [4.78, 5) is 16.4. The van der Waals surface area contributed by atoms with Crippen LogP contribution in [0.1, 0.15) is 6.92 Å². The van der Waals surface area contributed by atoms with Crippen LogP contribution in [-0.4, -0.2) is 51.3 Å². The molecule has 0 spiro atoms. The fourth-order valence-corrected chi connectivity index (χ4v) is 3.74. The van der Waals surface area contributed by atoms with Gasteiger partial charge >= 0.3 is 6.03 Å². The third-order valence-electron chi connectivity index (χ3n) is 4.53. The number of benzene rings is 2. The Balaban J connectivity index is 1.53. The molecule has 0 atom stereocenters. The van der Waals surface area contributed by atoms with Crippen molar-refractivity contribution in [2.75, 3.05) is 46.9 Å². The lowest BCUT2D eigenvalue weighted by Crippen LogP contribution is -2.50. The molecule has 9 heteroatoms. The smallest absolute Gasteiger partial charge is 0.321 e. The van der Waals surface area contributed by atoms with Crippen molar-refractivity contribution < 1.29 is 13.2 Å². The van der Waals surface area contributed by atoms with E-state index >= 15 is 0 Å². The number of carbonyl (C=O) groups excluding carboxylic acids is 1. The van der Waals surface area contributed by atoms with E-state index in [0.717, 1.165) is 18.8 Å². The Labute approximate surface area is 170 Å². The van der Waals surface area contributed by atoms with Crippen LogP contribution >= 0.6 is 11.6 Å². The second-order valence-electron chi connectivity index (χ2n) is 6.47. The minimum Gasteiger partial charge on any atom is -0.368 e. The molecule has 0 bridgehead atoms. The van der Waals surface area contributed by atoms with Gasteiger partial charge in [-0.1, -0.05) is 17.7 Å². The number of amides is 2. The Morgan fingerprint density at radius 1 is 1.04 bits per heavy atom. The van der Waals surface area contributed by atoms with Crippen molar-refractivity contribution in [1.82, 2.24) is 4.90 Å². The maximum Gasteiger partial charge on any atom is 0.321 e. The van der Waals surface area contributed by atoms with Gasteiger partial charge in [0.25, 0.3) is 0 Å². The van der Waals surface area contributed by atoms with Gasteiger partial charge in [0.15, 0.2) is 0 Å². The van der Waals surface area contributed by atoms with Crippen LogP contribution in [0.4, 0.5) is 21.9 Å². The maximum atomic E-state index is 12.5. The largest absolute Gasteiger partial charge is 0.368 e. The van der Waals surface area contributed by atoms with Crippen molar-refractivity contribution in [3.8, 4) is 0 Å². The third-order valence-corrected chi connectivity index (χ3v) is 6.07. The van der Waals surface area contributed by atoms with E-state index < -0.39 is 10.0 Å². The molecule has 0 unspecified atom stereocenters. The first kappa shape index (κ1) is 20.3. The third kappa shape index (κ3) is 5.30. The molecule has 1 saturated heterocycles. The van der Waals surface area contributed by atoms with Gasteiger partial charge in [-0.05, 0) is 49.4 Å². The number of nitrogens with zero attached hydrogens (tertiary/aromatic N) is 2. The standard InChI is InChI=1S/C19H23ClN4O3S/c1-2-28(26,27)22-17-8-6-16(7-9-17)21-19(25)24-12-10-23(11-13-24)18-5-3-4-15(20)14-18/h3-9,14,22H,2,10-13H2,1H3,(H,21,25). The topological polar surface area (TPSA) is 81.8 Å². The van der Waals surface area contributed by atoms with Crippen LogP contribution in [0.2, 0.25) is 5.02 Å². The fourth-order valence-electron chi connectivity index (χ4n) is 2.92. The number of carbonyl (C=O) groups is 1. The molecule has 1 fully saturated rings. The highest BCUT2D eigenvalue weighted by Crippen LogP contribution is 2.21. The summed E-state index contributed by atoms with van der Waals surface area (Å²) in [6.07, 6.45) is 0. The molecule has 1 aliphatic heterocycles. The Morgan fingerprint density at radius 2 is 1.68 bits per heavy atom. The number of urea groups is 1. The summed E-state index contributed by atoms with van der Waals surface area (Å²) in [5.74, 6) is 0.00660. The van der Waals surface area contributed by atoms with E-state index in [-0.39, 0.29) is 11.8 Å². The van der Waals surface area contributed by atoms with Gasteiger partial charge in [0, 0.05) is 48.3 Å². The average molecular weight is 423 g/mol. The van der Waals surface area contributed by atoms with Gasteiger partial charge in [-0.3, -0.25) is 4.72 Å². The molecule has 7 nitrogen and oxygen atoms in total. The first-order valence-electron chi connectivity index (χ1n) is 9.03. The van der Waals surface area contributed by atoms with Gasteiger partial charge in [-0.2, -0.15) is 0 Å². The summed E-state index contributed by atoms with van der Waals surface area (Å²) in [7, 11) is -3.31. The number of sulfonamides is 1. The van der Waals surface area contributed by atoms with E-state index in [1.54, 1.807) is 36.1 Å². The zero-order valence-corrected chi connectivity index (χ0v) is 17.1. The van der Waals surface area contributed by atoms with Crippen molar-refractivity contribution in [3.63, 3.8) is 0 Å². The highest BCUT2D eigenvalue weighted by atomic mass is 35.5. The zero-order valence-electron chi connectivity index (χ0n) is 15.6. The summed E-state index contributed by atoms with van der Waals surface area (Å²) >= 11 is 6.05. The highest BCUT2D eigenvalue weighted by Gasteiger charge is 2.21. The average Bonchev–Trinajstić information content (AvgIpc) is 2.69. The molecular formula is C19H23ClN4O3S. The Morgan fingerprint density at radius 3 is 2.29 bits per heavy atom. The summed E-state index contributed by atoms with van der Waals surface area (Å²) in [6.45, 7) is 4.24. The number of halogens is 1. The normalized spacial score (nSPS) is 14.6. The number of rotatable bonds is 5. The zero-order chi connectivity index (χ0) is 20.1.